The predicted octanol–water partition coefficient (Wildman–Crippen LogP) is -2.36. The van der Waals surface area contributed by atoms with Crippen LogP contribution in [-0.4, -0.2) is 23.8 Å². The molecule has 0 saturated carbocycles. The van der Waals surface area contributed by atoms with Crippen LogP contribution in [0.1, 0.15) is 17.2 Å². The summed E-state index contributed by atoms with van der Waals surface area (Å²) < 4.78 is 31.0. The molecule has 0 saturated heterocycles. The van der Waals surface area contributed by atoms with Crippen LogP contribution in [0.15, 0.2) is 10.8 Å². The monoisotopic (exact) mass is 244 g/mol. The SMILES string of the molecule is Cc1cscc1C(O)CS(=O)(=O)[O-].[Na+]. The van der Waals surface area contributed by atoms with Crippen LogP contribution < -0.4 is 29.6 Å². The van der Waals surface area contributed by atoms with Gasteiger partial charge in [0.15, 0.2) is 0 Å². The van der Waals surface area contributed by atoms with E-state index in [0.717, 1.165) is 5.56 Å². The van der Waals surface area contributed by atoms with Gasteiger partial charge < -0.3 is 9.66 Å². The molecule has 1 N–H and O–H groups in total. The summed E-state index contributed by atoms with van der Waals surface area (Å²) >= 11 is 1.36. The Morgan fingerprint density at radius 2 is 2.14 bits per heavy atom. The molecule has 1 heterocycles. The van der Waals surface area contributed by atoms with E-state index < -0.39 is 22.0 Å². The molecule has 14 heavy (non-hydrogen) atoms. The van der Waals surface area contributed by atoms with E-state index in [0.29, 0.717) is 5.56 Å². The number of thiophene rings is 1. The van der Waals surface area contributed by atoms with Crippen molar-refractivity contribution < 1.29 is 47.6 Å². The summed E-state index contributed by atoms with van der Waals surface area (Å²) in [5.74, 6) is -0.759. The van der Waals surface area contributed by atoms with E-state index in [-0.39, 0.29) is 29.6 Å². The topological polar surface area (TPSA) is 77.4 Å². The summed E-state index contributed by atoms with van der Waals surface area (Å²) in [5, 5.41) is 12.8. The third-order valence-corrected chi connectivity index (χ3v) is 3.22. The van der Waals surface area contributed by atoms with Crippen molar-refractivity contribution in [1.82, 2.24) is 0 Å². The minimum absolute atomic E-state index is 0. The smallest absolute Gasteiger partial charge is 0.748 e. The molecule has 1 aromatic heterocycles. The third kappa shape index (κ3) is 4.39. The van der Waals surface area contributed by atoms with Crippen molar-refractivity contribution in [2.24, 2.45) is 0 Å². The van der Waals surface area contributed by atoms with Crippen molar-refractivity contribution >= 4 is 21.5 Å². The van der Waals surface area contributed by atoms with Gasteiger partial charge in [-0.25, -0.2) is 8.42 Å². The first-order valence-electron chi connectivity index (χ1n) is 3.54. The van der Waals surface area contributed by atoms with Gasteiger partial charge in [0.1, 0.15) is 0 Å². The molecule has 74 valence electrons. The summed E-state index contributed by atoms with van der Waals surface area (Å²) in [6.07, 6.45) is -1.20. The molecule has 0 aliphatic heterocycles. The molecule has 0 amide bonds. The molecule has 0 aromatic carbocycles. The second-order valence-electron chi connectivity index (χ2n) is 2.75. The molecule has 1 aromatic rings. The van der Waals surface area contributed by atoms with Crippen molar-refractivity contribution in [1.29, 1.82) is 0 Å². The molecule has 0 fully saturated rings. The van der Waals surface area contributed by atoms with Crippen molar-refractivity contribution in [3.63, 3.8) is 0 Å². The normalized spacial score (nSPS) is 13.4. The van der Waals surface area contributed by atoms with Gasteiger partial charge in [0.25, 0.3) is 0 Å². The molecular weight excluding hydrogens is 235 g/mol. The van der Waals surface area contributed by atoms with Crippen LogP contribution in [-0.2, 0) is 10.1 Å². The maximum Gasteiger partial charge on any atom is 1.00 e. The van der Waals surface area contributed by atoms with Crippen LogP contribution in [0.25, 0.3) is 0 Å². The third-order valence-electron chi connectivity index (χ3n) is 1.62. The molecule has 0 radical (unpaired) electrons. The van der Waals surface area contributed by atoms with Gasteiger partial charge in [-0.1, -0.05) is 0 Å². The van der Waals surface area contributed by atoms with Crippen LogP contribution in [0, 0.1) is 6.92 Å². The van der Waals surface area contributed by atoms with Gasteiger partial charge in [0, 0.05) is 0 Å². The summed E-state index contributed by atoms with van der Waals surface area (Å²) in [6.45, 7) is 1.76. The Labute approximate surface area is 109 Å². The van der Waals surface area contributed by atoms with E-state index >= 15 is 0 Å². The van der Waals surface area contributed by atoms with E-state index in [9.17, 15) is 18.1 Å². The Hall–Kier alpha value is 0.570. The molecule has 1 unspecified atom stereocenters. The zero-order chi connectivity index (χ0) is 10.1. The van der Waals surface area contributed by atoms with E-state index in [2.05, 4.69) is 0 Å². The second-order valence-corrected chi connectivity index (χ2v) is 4.94. The van der Waals surface area contributed by atoms with Crippen LogP contribution in [0.4, 0.5) is 0 Å². The number of aliphatic hydroxyl groups excluding tert-OH is 1. The van der Waals surface area contributed by atoms with Gasteiger partial charge in [0.05, 0.1) is 22.0 Å². The minimum Gasteiger partial charge on any atom is -0.748 e. The van der Waals surface area contributed by atoms with Crippen molar-refractivity contribution in [2.75, 3.05) is 5.75 Å². The van der Waals surface area contributed by atoms with Gasteiger partial charge in [-0.15, -0.1) is 0 Å². The zero-order valence-corrected chi connectivity index (χ0v) is 11.6. The predicted molar refractivity (Wildman–Crippen MR) is 48.6 cm³/mol. The van der Waals surface area contributed by atoms with Gasteiger partial charge in [-0.05, 0) is 28.8 Å². The van der Waals surface area contributed by atoms with E-state index in [1.54, 1.807) is 17.7 Å². The maximum absolute atomic E-state index is 10.3. The maximum atomic E-state index is 10.3. The number of aryl methyl sites for hydroxylation is 1. The first-order valence-corrected chi connectivity index (χ1v) is 6.06. The van der Waals surface area contributed by atoms with Crippen molar-refractivity contribution in [3.8, 4) is 0 Å². The summed E-state index contributed by atoms with van der Waals surface area (Å²) in [7, 11) is -4.36. The Morgan fingerprint density at radius 1 is 1.57 bits per heavy atom. The fourth-order valence-corrected chi connectivity index (χ4v) is 2.46. The molecule has 7 heteroatoms. The number of aliphatic hydroxyl groups is 1. The quantitative estimate of drug-likeness (QED) is 0.476. The van der Waals surface area contributed by atoms with Gasteiger partial charge in [0.2, 0.25) is 0 Å². The minimum atomic E-state index is -4.36. The van der Waals surface area contributed by atoms with Gasteiger partial charge >= 0.3 is 29.6 Å². The Morgan fingerprint density at radius 3 is 2.50 bits per heavy atom. The number of hydrogen-bond donors (Lipinski definition) is 1. The number of hydrogen-bond acceptors (Lipinski definition) is 5. The zero-order valence-electron chi connectivity index (χ0n) is 7.93. The summed E-state index contributed by atoms with van der Waals surface area (Å²) in [5.41, 5.74) is 1.32. The van der Waals surface area contributed by atoms with E-state index in [1.807, 2.05) is 0 Å². The Kier molecular flexibility index (Phi) is 5.83. The first-order chi connectivity index (χ1) is 5.90. The largest absolute Gasteiger partial charge is 1.00 e. The van der Waals surface area contributed by atoms with Crippen molar-refractivity contribution in [3.05, 3.63) is 21.9 Å². The van der Waals surface area contributed by atoms with E-state index in [1.165, 1.54) is 11.3 Å². The van der Waals surface area contributed by atoms with Crippen LogP contribution >= 0.6 is 11.3 Å². The fraction of sp³-hybridized carbons (Fsp3) is 0.429. The summed E-state index contributed by atoms with van der Waals surface area (Å²) in [4.78, 5) is 0. The molecule has 4 nitrogen and oxygen atoms in total. The standard InChI is InChI=1S/C7H10O4S2.Na/c1-5-2-12-3-6(5)7(8)4-13(9,10)11;/h2-3,7-8H,4H2,1H3,(H,9,10,11);/q;+1/p-1. The van der Waals surface area contributed by atoms with E-state index in [4.69, 9.17) is 0 Å². The molecule has 0 spiro atoms. The average Bonchev–Trinajstić information content (AvgIpc) is 2.30. The molecule has 0 aliphatic rings. The van der Waals surface area contributed by atoms with Crippen molar-refractivity contribution in [2.45, 2.75) is 13.0 Å². The van der Waals surface area contributed by atoms with Crippen LogP contribution in [0.3, 0.4) is 0 Å². The van der Waals surface area contributed by atoms with Crippen LogP contribution in [0.2, 0.25) is 0 Å². The van der Waals surface area contributed by atoms with Gasteiger partial charge in [-0.2, -0.15) is 11.3 Å². The Balaban J connectivity index is 0.00000169. The average molecular weight is 244 g/mol. The molecule has 0 aliphatic carbocycles. The fourth-order valence-electron chi connectivity index (χ4n) is 0.995. The number of rotatable bonds is 3. The van der Waals surface area contributed by atoms with Gasteiger partial charge in [-0.3, -0.25) is 0 Å². The van der Waals surface area contributed by atoms with Crippen LogP contribution in [0.5, 0.6) is 0 Å². The second kappa shape index (κ2) is 5.60. The first kappa shape index (κ1) is 14.6. The molecule has 0 bridgehead atoms. The Bertz CT molecular complexity index is 384. The summed E-state index contributed by atoms with van der Waals surface area (Å²) in [6, 6.07) is 0. The molecule has 1 atom stereocenters. The molecular formula is C7H9NaO4S2. The molecule has 1 rings (SSSR count).